The average Bonchev–Trinajstić information content (AvgIpc) is 2.74. The van der Waals surface area contributed by atoms with Crippen LogP contribution in [0.1, 0.15) is 21.0 Å². The molecule has 1 heterocycles. The zero-order valence-corrected chi connectivity index (χ0v) is 11.7. The van der Waals surface area contributed by atoms with Crippen LogP contribution in [0, 0.1) is 13.8 Å². The highest BCUT2D eigenvalue weighted by Crippen LogP contribution is 2.21. The molecule has 1 N–H and O–H groups in total. The first-order chi connectivity index (χ1) is 9.04. The third-order valence-electron chi connectivity index (χ3n) is 2.61. The van der Waals surface area contributed by atoms with Gasteiger partial charge in [0.25, 0.3) is 0 Å². The topological polar surface area (TPSA) is 59.4 Å². The third-order valence-corrected chi connectivity index (χ3v) is 3.58. The number of thiazole rings is 1. The van der Waals surface area contributed by atoms with Crippen LogP contribution in [0.3, 0.4) is 0 Å². The lowest BCUT2D eigenvalue weighted by atomic mass is 10.1. The normalized spacial score (nSPS) is 10.4. The van der Waals surface area contributed by atoms with Crippen LogP contribution in [-0.2, 0) is 17.8 Å². The summed E-state index contributed by atoms with van der Waals surface area (Å²) in [5.74, 6) is -0.00826. The molecular formula is C14H15NO3S. The number of aromatic nitrogens is 1. The molecule has 0 unspecified atom stereocenters. The standard InChI is InChI=1S/C14H15NO3S/c1-9-3-4-12(10(2)5-9)18-8-13-15-7-11(19-13)6-14(16)17/h3-5,7H,6,8H2,1-2H3,(H,16,17). The summed E-state index contributed by atoms with van der Waals surface area (Å²) in [6, 6.07) is 6.00. The molecule has 0 saturated carbocycles. The molecule has 4 nitrogen and oxygen atoms in total. The first kappa shape index (κ1) is 13.5. The molecule has 0 atom stereocenters. The molecular weight excluding hydrogens is 262 g/mol. The molecule has 100 valence electrons. The van der Waals surface area contributed by atoms with Crippen LogP contribution in [-0.4, -0.2) is 16.1 Å². The maximum absolute atomic E-state index is 10.6. The van der Waals surface area contributed by atoms with E-state index >= 15 is 0 Å². The van der Waals surface area contributed by atoms with Gasteiger partial charge in [0.15, 0.2) is 0 Å². The average molecular weight is 277 g/mol. The molecule has 2 rings (SSSR count). The lowest BCUT2D eigenvalue weighted by Gasteiger charge is -2.07. The van der Waals surface area contributed by atoms with Crippen LogP contribution in [0.25, 0.3) is 0 Å². The number of hydrogen-bond donors (Lipinski definition) is 1. The van der Waals surface area contributed by atoms with E-state index in [1.807, 2.05) is 26.0 Å². The number of hydrogen-bond acceptors (Lipinski definition) is 4. The van der Waals surface area contributed by atoms with Gasteiger partial charge < -0.3 is 9.84 Å². The fourth-order valence-corrected chi connectivity index (χ4v) is 2.57. The van der Waals surface area contributed by atoms with Gasteiger partial charge in [-0.05, 0) is 25.5 Å². The Morgan fingerprint density at radius 2 is 2.21 bits per heavy atom. The van der Waals surface area contributed by atoms with E-state index < -0.39 is 5.97 Å². The van der Waals surface area contributed by atoms with Crippen LogP contribution in [0.4, 0.5) is 0 Å². The molecule has 0 amide bonds. The van der Waals surface area contributed by atoms with Crippen LogP contribution >= 0.6 is 11.3 Å². The van der Waals surface area contributed by atoms with E-state index in [1.165, 1.54) is 16.9 Å². The minimum absolute atomic E-state index is 0.0151. The van der Waals surface area contributed by atoms with Crippen molar-refractivity contribution in [2.45, 2.75) is 26.9 Å². The number of aliphatic carboxylic acids is 1. The third kappa shape index (κ3) is 3.79. The second-order valence-corrected chi connectivity index (χ2v) is 5.55. The largest absolute Gasteiger partial charge is 0.486 e. The van der Waals surface area contributed by atoms with Crippen LogP contribution in [0.15, 0.2) is 24.4 Å². The van der Waals surface area contributed by atoms with Crippen LogP contribution < -0.4 is 4.74 Å². The molecule has 0 spiro atoms. The second-order valence-electron chi connectivity index (χ2n) is 4.35. The molecule has 5 heteroatoms. The molecule has 1 aromatic carbocycles. The van der Waals surface area contributed by atoms with Gasteiger partial charge >= 0.3 is 5.97 Å². The molecule has 2 aromatic rings. The van der Waals surface area contributed by atoms with Gasteiger partial charge in [-0.3, -0.25) is 4.79 Å². The van der Waals surface area contributed by atoms with Gasteiger partial charge in [-0.1, -0.05) is 17.7 Å². The summed E-state index contributed by atoms with van der Waals surface area (Å²) in [5, 5.41) is 9.48. The van der Waals surface area contributed by atoms with E-state index in [0.717, 1.165) is 21.2 Å². The number of carboxylic acids is 1. The predicted molar refractivity (Wildman–Crippen MR) is 73.7 cm³/mol. The van der Waals surface area contributed by atoms with E-state index in [0.29, 0.717) is 6.61 Å². The Morgan fingerprint density at radius 3 is 2.89 bits per heavy atom. The summed E-state index contributed by atoms with van der Waals surface area (Å²) in [4.78, 5) is 15.5. The molecule has 0 bridgehead atoms. The monoisotopic (exact) mass is 277 g/mol. The number of nitrogens with zero attached hydrogens (tertiary/aromatic N) is 1. The minimum Gasteiger partial charge on any atom is -0.486 e. The zero-order chi connectivity index (χ0) is 13.8. The van der Waals surface area contributed by atoms with Crippen molar-refractivity contribution >= 4 is 17.3 Å². The maximum atomic E-state index is 10.6. The summed E-state index contributed by atoms with van der Waals surface area (Å²) >= 11 is 1.37. The number of carbonyl (C=O) groups is 1. The highest BCUT2D eigenvalue weighted by Gasteiger charge is 2.07. The molecule has 0 aliphatic rings. The molecule has 0 aliphatic carbocycles. The molecule has 0 aliphatic heterocycles. The molecule has 0 fully saturated rings. The van der Waals surface area contributed by atoms with Gasteiger partial charge in [0.2, 0.25) is 0 Å². The van der Waals surface area contributed by atoms with E-state index in [-0.39, 0.29) is 6.42 Å². The van der Waals surface area contributed by atoms with Crippen LogP contribution in [0.2, 0.25) is 0 Å². The first-order valence-electron chi connectivity index (χ1n) is 5.90. The Balaban J connectivity index is 1.98. The van der Waals surface area contributed by atoms with Gasteiger partial charge in [0, 0.05) is 11.1 Å². The van der Waals surface area contributed by atoms with E-state index in [4.69, 9.17) is 9.84 Å². The SMILES string of the molecule is Cc1ccc(OCc2ncc(CC(=O)O)s2)c(C)c1. The van der Waals surface area contributed by atoms with Crippen LogP contribution in [0.5, 0.6) is 5.75 Å². The molecule has 1 aromatic heterocycles. The number of aryl methyl sites for hydroxylation is 2. The summed E-state index contributed by atoms with van der Waals surface area (Å²) in [6.45, 7) is 4.41. The second kappa shape index (κ2) is 5.84. The van der Waals surface area contributed by atoms with Gasteiger partial charge in [-0.15, -0.1) is 11.3 Å². The van der Waals surface area contributed by atoms with Crippen molar-refractivity contribution in [2.75, 3.05) is 0 Å². The fraction of sp³-hybridized carbons (Fsp3) is 0.286. The molecule has 19 heavy (non-hydrogen) atoms. The highest BCUT2D eigenvalue weighted by atomic mass is 32.1. The smallest absolute Gasteiger partial charge is 0.308 e. The fourth-order valence-electron chi connectivity index (χ4n) is 1.75. The Hall–Kier alpha value is -1.88. The van der Waals surface area contributed by atoms with E-state index in [1.54, 1.807) is 6.20 Å². The van der Waals surface area contributed by atoms with Gasteiger partial charge in [0.1, 0.15) is 17.4 Å². The van der Waals surface area contributed by atoms with Crippen molar-refractivity contribution in [1.82, 2.24) is 4.98 Å². The Kier molecular flexibility index (Phi) is 4.16. The Bertz CT molecular complexity index is 592. The van der Waals surface area contributed by atoms with Crippen molar-refractivity contribution in [1.29, 1.82) is 0 Å². The number of rotatable bonds is 5. The van der Waals surface area contributed by atoms with Crippen molar-refractivity contribution in [2.24, 2.45) is 0 Å². The van der Waals surface area contributed by atoms with Gasteiger partial charge in [0.05, 0.1) is 6.42 Å². The van der Waals surface area contributed by atoms with Crippen molar-refractivity contribution < 1.29 is 14.6 Å². The summed E-state index contributed by atoms with van der Waals surface area (Å²) < 4.78 is 5.70. The Labute approximate surface area is 115 Å². The minimum atomic E-state index is -0.842. The zero-order valence-electron chi connectivity index (χ0n) is 10.8. The maximum Gasteiger partial charge on any atom is 0.308 e. The number of benzene rings is 1. The van der Waals surface area contributed by atoms with Gasteiger partial charge in [-0.2, -0.15) is 0 Å². The van der Waals surface area contributed by atoms with E-state index in [9.17, 15) is 4.79 Å². The molecule has 0 radical (unpaired) electrons. The lowest BCUT2D eigenvalue weighted by Crippen LogP contribution is -1.97. The first-order valence-corrected chi connectivity index (χ1v) is 6.71. The van der Waals surface area contributed by atoms with E-state index in [2.05, 4.69) is 11.1 Å². The molecule has 0 saturated heterocycles. The van der Waals surface area contributed by atoms with Crippen molar-refractivity contribution in [3.63, 3.8) is 0 Å². The van der Waals surface area contributed by atoms with Crippen molar-refractivity contribution in [3.05, 3.63) is 45.4 Å². The number of ether oxygens (including phenoxy) is 1. The quantitative estimate of drug-likeness (QED) is 0.912. The lowest BCUT2D eigenvalue weighted by molar-refractivity contribution is -0.136. The summed E-state index contributed by atoms with van der Waals surface area (Å²) in [7, 11) is 0. The number of carboxylic acid groups (broad SMARTS) is 1. The summed E-state index contributed by atoms with van der Waals surface area (Å²) in [6.07, 6.45) is 1.61. The highest BCUT2D eigenvalue weighted by molar-refractivity contribution is 7.11. The summed E-state index contributed by atoms with van der Waals surface area (Å²) in [5.41, 5.74) is 2.28. The van der Waals surface area contributed by atoms with Gasteiger partial charge in [-0.25, -0.2) is 4.98 Å². The Morgan fingerprint density at radius 1 is 1.42 bits per heavy atom. The predicted octanol–water partition coefficient (Wildman–Crippen LogP) is 2.97. The van der Waals surface area contributed by atoms with Crippen molar-refractivity contribution in [3.8, 4) is 5.75 Å².